The minimum atomic E-state index is -0.388. The molecule has 2 heterocycles. The van der Waals surface area contributed by atoms with Crippen molar-refractivity contribution in [2.75, 3.05) is 18.0 Å². The second kappa shape index (κ2) is 18.4. The molecule has 0 atom stereocenters. The average molecular weight is 679 g/mol. The molecule has 8 heteroatoms. The highest BCUT2D eigenvalue weighted by atomic mass is 32.1. The number of thiophene rings is 1. The fourth-order valence-corrected chi connectivity index (χ4v) is 7.40. The van der Waals surface area contributed by atoms with Gasteiger partial charge in [-0.05, 0) is 85.4 Å². The van der Waals surface area contributed by atoms with Crippen molar-refractivity contribution in [1.29, 1.82) is 0 Å². The third kappa shape index (κ3) is 10.2. The number of esters is 1. The first-order valence-corrected chi connectivity index (χ1v) is 18.9. The minimum Gasteiger partial charge on any atom is -0.423 e. The molecule has 0 aliphatic rings. The number of hydrogen-bond acceptors (Lipinski definition) is 8. The second-order valence-corrected chi connectivity index (χ2v) is 14.1. The van der Waals surface area contributed by atoms with Crippen molar-refractivity contribution in [3.63, 3.8) is 0 Å². The molecular formula is C40H46N4O2S2. The molecule has 3 aromatic carbocycles. The number of nitrogens with zero attached hydrogens (tertiary/aromatic N) is 4. The van der Waals surface area contributed by atoms with Gasteiger partial charge >= 0.3 is 5.97 Å². The lowest BCUT2D eigenvalue weighted by Gasteiger charge is -2.24. The summed E-state index contributed by atoms with van der Waals surface area (Å²) in [6, 6.07) is 27.9. The van der Waals surface area contributed by atoms with Crippen LogP contribution in [0.25, 0.3) is 21.2 Å². The van der Waals surface area contributed by atoms with E-state index in [2.05, 4.69) is 66.2 Å². The highest BCUT2D eigenvalue weighted by Crippen LogP contribution is 2.37. The Kier molecular flexibility index (Phi) is 13.5. The third-order valence-electron chi connectivity index (χ3n) is 8.17. The Labute approximate surface area is 293 Å². The topological polar surface area (TPSA) is 67.2 Å². The Morgan fingerprint density at radius 2 is 1.50 bits per heavy atom. The molecule has 0 N–H and O–H groups in total. The molecule has 5 aromatic rings. The molecule has 6 nitrogen and oxygen atoms in total. The summed E-state index contributed by atoms with van der Waals surface area (Å²) in [4.78, 5) is 22.5. The monoisotopic (exact) mass is 678 g/mol. The van der Waals surface area contributed by atoms with Gasteiger partial charge in [0.15, 0.2) is 0 Å². The van der Waals surface area contributed by atoms with Crippen molar-refractivity contribution < 1.29 is 9.53 Å². The zero-order valence-corrected chi connectivity index (χ0v) is 30.0. The zero-order chi connectivity index (χ0) is 33.6. The van der Waals surface area contributed by atoms with Crippen molar-refractivity contribution in [2.24, 2.45) is 10.2 Å². The Bertz CT molecular complexity index is 1730. The van der Waals surface area contributed by atoms with Gasteiger partial charge in [-0.25, -0.2) is 9.78 Å². The largest absolute Gasteiger partial charge is 0.423 e. The van der Waals surface area contributed by atoms with Crippen molar-refractivity contribution >= 4 is 66.3 Å². The number of azo groups is 1. The zero-order valence-electron chi connectivity index (χ0n) is 28.4. The lowest BCUT2D eigenvalue weighted by atomic mass is 10.0. The molecular weight excluding hydrogens is 633 g/mol. The van der Waals surface area contributed by atoms with E-state index in [1.807, 2.05) is 48.5 Å². The van der Waals surface area contributed by atoms with Gasteiger partial charge in [-0.2, -0.15) is 0 Å². The van der Waals surface area contributed by atoms with Gasteiger partial charge in [0.1, 0.15) is 10.6 Å². The Morgan fingerprint density at radius 1 is 0.792 bits per heavy atom. The highest BCUT2D eigenvalue weighted by Gasteiger charge is 2.17. The molecule has 0 radical (unpaired) electrons. The predicted octanol–water partition coefficient (Wildman–Crippen LogP) is 12.4. The number of benzene rings is 3. The molecule has 0 unspecified atom stereocenters. The number of rotatable bonds is 18. The van der Waals surface area contributed by atoms with E-state index >= 15 is 0 Å². The third-order valence-corrected chi connectivity index (χ3v) is 10.2. The number of para-hydroxylation sites is 1. The first kappa shape index (κ1) is 35.2. The molecule has 0 saturated heterocycles. The van der Waals surface area contributed by atoms with Crippen LogP contribution in [0, 0.1) is 0 Å². The van der Waals surface area contributed by atoms with Crippen LogP contribution in [-0.4, -0.2) is 24.0 Å². The maximum atomic E-state index is 13.5. The number of anilines is 1. The van der Waals surface area contributed by atoms with Crippen LogP contribution in [0.3, 0.4) is 0 Å². The van der Waals surface area contributed by atoms with E-state index in [4.69, 9.17) is 9.72 Å². The Balaban J connectivity index is 1.31. The summed E-state index contributed by atoms with van der Waals surface area (Å²) in [6.07, 6.45) is 12.6. The number of carbonyl (C=O) groups excluding carboxylic acids is 1. The molecule has 0 amide bonds. The summed E-state index contributed by atoms with van der Waals surface area (Å²) in [5.41, 5.74) is 4.66. The summed E-state index contributed by atoms with van der Waals surface area (Å²) >= 11 is 3.03. The molecule has 0 bridgehead atoms. The van der Waals surface area contributed by atoms with Crippen molar-refractivity contribution in [3.8, 4) is 5.75 Å². The van der Waals surface area contributed by atoms with Gasteiger partial charge in [0.2, 0.25) is 5.13 Å². The van der Waals surface area contributed by atoms with Crippen LogP contribution < -0.4 is 9.64 Å². The molecule has 0 aliphatic carbocycles. The fraction of sp³-hybridized carbons (Fsp3) is 0.350. The minimum absolute atomic E-state index is 0.388. The number of aryl methyl sites for hydroxylation is 1. The van der Waals surface area contributed by atoms with Crippen LogP contribution >= 0.6 is 22.7 Å². The summed E-state index contributed by atoms with van der Waals surface area (Å²) in [7, 11) is 0. The molecule has 0 fully saturated rings. The van der Waals surface area contributed by atoms with E-state index in [-0.39, 0.29) is 5.97 Å². The van der Waals surface area contributed by atoms with Gasteiger partial charge in [0.25, 0.3) is 0 Å². The molecule has 5 rings (SSSR count). The second-order valence-electron chi connectivity index (χ2n) is 12.0. The smallest absolute Gasteiger partial charge is 0.344 e. The number of thiazole rings is 1. The van der Waals surface area contributed by atoms with Crippen LogP contribution in [0.4, 0.5) is 16.5 Å². The lowest BCUT2D eigenvalue weighted by molar-refractivity contribution is -0.127. The molecule has 2 aromatic heterocycles. The maximum Gasteiger partial charge on any atom is 0.344 e. The number of fused-ring (bicyclic) bond motifs is 1. The fourth-order valence-electron chi connectivity index (χ4n) is 5.41. The van der Waals surface area contributed by atoms with E-state index < -0.39 is 0 Å². The summed E-state index contributed by atoms with van der Waals surface area (Å²) < 4.78 is 6.79. The van der Waals surface area contributed by atoms with Crippen molar-refractivity contribution in [1.82, 2.24) is 4.98 Å². The van der Waals surface area contributed by atoms with Crippen molar-refractivity contribution in [2.45, 2.75) is 78.6 Å². The van der Waals surface area contributed by atoms with Crippen molar-refractivity contribution in [3.05, 3.63) is 101 Å². The number of aromatic nitrogens is 1. The van der Waals surface area contributed by atoms with Crippen LogP contribution in [0.5, 0.6) is 5.75 Å². The maximum absolute atomic E-state index is 13.5. The molecule has 0 saturated carbocycles. The highest BCUT2D eigenvalue weighted by molar-refractivity contribution is 7.29. The number of unbranched alkanes of at least 4 members (excludes halogenated alkanes) is 5. The lowest BCUT2D eigenvalue weighted by Crippen LogP contribution is -2.25. The van der Waals surface area contributed by atoms with Crippen LogP contribution in [0.2, 0.25) is 0 Å². The van der Waals surface area contributed by atoms with Crippen LogP contribution in [0.1, 0.15) is 88.1 Å². The number of ether oxygens (including phenoxy) is 1. The average Bonchev–Trinajstić information content (AvgIpc) is 3.68. The summed E-state index contributed by atoms with van der Waals surface area (Å²) in [5, 5.41) is 9.53. The molecule has 48 heavy (non-hydrogen) atoms. The first-order valence-electron chi connectivity index (χ1n) is 17.3. The normalized spacial score (nSPS) is 11.9. The number of carbonyl (C=O) groups is 1. The van der Waals surface area contributed by atoms with Gasteiger partial charge in [-0.3, -0.25) is 0 Å². The van der Waals surface area contributed by atoms with Gasteiger partial charge in [-0.15, -0.1) is 21.6 Å². The summed E-state index contributed by atoms with van der Waals surface area (Å²) in [5.74, 6) is 0.130. The van der Waals surface area contributed by atoms with Gasteiger partial charge in [0, 0.05) is 23.7 Å². The van der Waals surface area contributed by atoms with E-state index in [0.717, 1.165) is 45.2 Å². The van der Waals surface area contributed by atoms with Crippen LogP contribution in [0.15, 0.2) is 95.2 Å². The Morgan fingerprint density at radius 3 is 2.17 bits per heavy atom. The van der Waals surface area contributed by atoms with Gasteiger partial charge < -0.3 is 9.64 Å². The standard InChI is InChI=1S/C40H46N4O2S2/c1-4-7-10-12-15-30-18-20-31(21-19-30)36(39(45)46-34-16-13-11-14-17-34)28-35-29-37-38(47-35)41-40(48-37)43-42-32-22-24-33(25-23-32)44(26-8-5-2)27-9-6-3/h11,13-14,16-25,28-29H,4-10,12,15,26-27H2,1-3H3/b36-28-,43-42+. The van der Waals surface area contributed by atoms with E-state index in [1.54, 1.807) is 12.1 Å². The molecule has 0 spiro atoms. The SMILES string of the molecule is CCCCCCc1ccc(/C(=C/c2cc3sc(/N=N/c4ccc(N(CCCC)CCCC)cc4)nc3s2)C(=O)Oc2ccccc2)cc1. The molecule has 250 valence electrons. The quantitative estimate of drug-likeness (QED) is 0.0304. The van der Waals surface area contributed by atoms with E-state index in [9.17, 15) is 4.79 Å². The number of hydrogen-bond donors (Lipinski definition) is 0. The van der Waals surface area contributed by atoms with Crippen LogP contribution in [-0.2, 0) is 11.2 Å². The summed E-state index contributed by atoms with van der Waals surface area (Å²) in [6.45, 7) is 8.85. The predicted molar refractivity (Wildman–Crippen MR) is 204 cm³/mol. The van der Waals surface area contributed by atoms with Gasteiger partial charge in [-0.1, -0.05) is 107 Å². The molecule has 0 aliphatic heterocycles. The van der Waals surface area contributed by atoms with Gasteiger partial charge in [0.05, 0.1) is 16.0 Å². The van der Waals surface area contributed by atoms with E-state index in [0.29, 0.717) is 16.5 Å². The Hall–Kier alpha value is -4.14. The van der Waals surface area contributed by atoms with E-state index in [1.165, 1.54) is 85.3 Å². The first-order chi connectivity index (χ1) is 23.6.